The number of methoxy groups -OCH3 is 1. The number of phenolic OH excluding ortho intramolecular Hbond substituents is 1. The number of rotatable bonds is 5. The maximum absolute atomic E-state index is 13.5. The Bertz CT molecular complexity index is 1280. The van der Waals surface area contributed by atoms with Crippen molar-refractivity contribution in [3.05, 3.63) is 100 Å². The van der Waals surface area contributed by atoms with E-state index in [1.54, 1.807) is 24.1 Å². The van der Waals surface area contributed by atoms with Crippen LogP contribution >= 0.6 is 11.6 Å². The number of nitrogens with one attached hydrogen (secondary N) is 1. The lowest BCUT2D eigenvalue weighted by molar-refractivity contribution is 0.0730. The second-order valence-electron chi connectivity index (χ2n) is 7.61. The predicted molar refractivity (Wildman–Crippen MR) is 122 cm³/mol. The average molecular weight is 446 g/mol. The minimum Gasteiger partial charge on any atom is -0.508 e. The number of aromatic hydroxyl groups is 1. The summed E-state index contributed by atoms with van der Waals surface area (Å²) in [5.41, 5.74) is 4.57. The number of aromatic amines is 1. The molecule has 160 valence electrons. The van der Waals surface area contributed by atoms with E-state index in [0.29, 0.717) is 23.0 Å². The highest BCUT2D eigenvalue weighted by Crippen LogP contribution is 2.44. The zero-order valence-electron chi connectivity index (χ0n) is 17.2. The zero-order valence-corrected chi connectivity index (χ0v) is 18.0. The molecule has 2 N–H and O–H groups in total. The van der Waals surface area contributed by atoms with Gasteiger partial charge in [-0.2, -0.15) is 5.10 Å². The number of aromatic nitrogens is 2. The summed E-state index contributed by atoms with van der Waals surface area (Å²) in [6, 6.07) is 21.6. The first kappa shape index (κ1) is 20.2. The molecule has 1 aliphatic rings. The van der Waals surface area contributed by atoms with E-state index in [1.807, 2.05) is 60.7 Å². The van der Waals surface area contributed by atoms with Crippen LogP contribution in [0.3, 0.4) is 0 Å². The number of H-pyrrole nitrogens is 1. The maximum Gasteiger partial charge on any atom is 0.273 e. The summed E-state index contributed by atoms with van der Waals surface area (Å²) in [6.07, 6.45) is 0. The summed E-state index contributed by atoms with van der Waals surface area (Å²) in [6.45, 7) is 0.342. The molecule has 1 aliphatic heterocycles. The van der Waals surface area contributed by atoms with Gasteiger partial charge in [-0.1, -0.05) is 41.9 Å². The van der Waals surface area contributed by atoms with Gasteiger partial charge >= 0.3 is 0 Å². The van der Waals surface area contributed by atoms with Gasteiger partial charge < -0.3 is 14.7 Å². The third kappa shape index (κ3) is 3.39. The largest absolute Gasteiger partial charge is 0.508 e. The fraction of sp³-hybridized carbons (Fsp3) is 0.120. The van der Waals surface area contributed by atoms with Crippen LogP contribution in [-0.4, -0.2) is 33.2 Å². The van der Waals surface area contributed by atoms with Gasteiger partial charge in [0.25, 0.3) is 5.91 Å². The molecule has 4 aromatic rings. The van der Waals surface area contributed by atoms with Crippen molar-refractivity contribution in [1.82, 2.24) is 15.1 Å². The number of hydrogen-bond donors (Lipinski definition) is 2. The number of nitrogens with zero attached hydrogens (tertiary/aromatic N) is 2. The number of phenols is 1. The van der Waals surface area contributed by atoms with Gasteiger partial charge in [0.05, 0.1) is 18.8 Å². The zero-order chi connectivity index (χ0) is 22.2. The van der Waals surface area contributed by atoms with E-state index in [0.717, 1.165) is 28.0 Å². The van der Waals surface area contributed by atoms with Crippen molar-refractivity contribution in [3.8, 4) is 22.8 Å². The molecule has 0 spiro atoms. The van der Waals surface area contributed by atoms with Crippen molar-refractivity contribution in [2.24, 2.45) is 0 Å². The van der Waals surface area contributed by atoms with Crippen LogP contribution < -0.4 is 4.74 Å². The van der Waals surface area contributed by atoms with Crippen molar-refractivity contribution < 1.29 is 14.6 Å². The summed E-state index contributed by atoms with van der Waals surface area (Å²) < 4.78 is 5.27. The molecule has 0 saturated heterocycles. The molecule has 1 aromatic heterocycles. The molecule has 6 nitrogen and oxygen atoms in total. The van der Waals surface area contributed by atoms with Crippen LogP contribution in [-0.2, 0) is 6.54 Å². The number of carbonyl (C=O) groups excluding carboxylic acids is 1. The molecule has 0 radical (unpaired) electrons. The Balaban J connectivity index is 1.63. The quantitative estimate of drug-likeness (QED) is 0.443. The molecular weight excluding hydrogens is 426 g/mol. The standard InChI is InChI=1S/C25H20ClN3O3/c1-32-19-12-8-15(9-13-19)22-21-23(28-27-22)25(31)29(14-17-4-2-3-5-20(17)26)24(21)16-6-10-18(30)11-7-16/h2-13,24,30H,14H2,1H3,(H,27,28). The van der Waals surface area contributed by atoms with Gasteiger partial charge in [0.2, 0.25) is 0 Å². The van der Waals surface area contributed by atoms with E-state index in [2.05, 4.69) is 10.2 Å². The van der Waals surface area contributed by atoms with E-state index in [-0.39, 0.29) is 17.7 Å². The number of carbonyl (C=O) groups is 1. The maximum atomic E-state index is 13.5. The van der Waals surface area contributed by atoms with Crippen LogP contribution in [0.2, 0.25) is 5.02 Å². The lowest BCUT2D eigenvalue weighted by Crippen LogP contribution is -2.29. The van der Waals surface area contributed by atoms with Crippen LogP contribution in [0, 0.1) is 0 Å². The van der Waals surface area contributed by atoms with Gasteiger partial charge in [0, 0.05) is 22.7 Å². The molecule has 0 bridgehead atoms. The first-order valence-corrected chi connectivity index (χ1v) is 10.5. The van der Waals surface area contributed by atoms with Crippen molar-refractivity contribution in [2.75, 3.05) is 7.11 Å². The lowest BCUT2D eigenvalue weighted by atomic mass is 9.95. The van der Waals surface area contributed by atoms with E-state index in [9.17, 15) is 9.90 Å². The van der Waals surface area contributed by atoms with E-state index in [4.69, 9.17) is 16.3 Å². The van der Waals surface area contributed by atoms with Gasteiger partial charge in [-0.15, -0.1) is 0 Å². The highest BCUT2D eigenvalue weighted by Gasteiger charge is 2.42. The molecule has 0 aliphatic carbocycles. The summed E-state index contributed by atoms with van der Waals surface area (Å²) in [5, 5.41) is 17.8. The minimum absolute atomic E-state index is 0.148. The van der Waals surface area contributed by atoms with Crippen molar-refractivity contribution in [3.63, 3.8) is 0 Å². The van der Waals surface area contributed by atoms with Gasteiger partial charge in [0.15, 0.2) is 0 Å². The molecule has 7 heteroatoms. The molecule has 1 amide bonds. The highest BCUT2D eigenvalue weighted by molar-refractivity contribution is 6.31. The Hall–Kier alpha value is -3.77. The van der Waals surface area contributed by atoms with Crippen molar-refractivity contribution in [1.29, 1.82) is 0 Å². The smallest absolute Gasteiger partial charge is 0.273 e. The first-order chi connectivity index (χ1) is 15.6. The lowest BCUT2D eigenvalue weighted by Gasteiger charge is -2.27. The Labute approximate surface area is 190 Å². The first-order valence-electron chi connectivity index (χ1n) is 10.1. The van der Waals surface area contributed by atoms with Crippen LogP contribution in [0.25, 0.3) is 11.3 Å². The summed E-state index contributed by atoms with van der Waals surface area (Å²) >= 11 is 6.40. The Morgan fingerprint density at radius 1 is 1.06 bits per heavy atom. The average Bonchev–Trinajstić information content (AvgIpc) is 3.35. The third-order valence-electron chi connectivity index (χ3n) is 5.73. The number of halogens is 1. The predicted octanol–water partition coefficient (Wildman–Crippen LogP) is 5.19. The molecule has 0 fully saturated rings. The Morgan fingerprint density at radius 2 is 1.78 bits per heavy atom. The summed E-state index contributed by atoms with van der Waals surface area (Å²) in [7, 11) is 1.62. The van der Waals surface area contributed by atoms with Gasteiger partial charge in [-0.3, -0.25) is 9.89 Å². The third-order valence-corrected chi connectivity index (χ3v) is 6.10. The summed E-state index contributed by atoms with van der Waals surface area (Å²) in [5.74, 6) is 0.760. The molecule has 32 heavy (non-hydrogen) atoms. The van der Waals surface area contributed by atoms with Crippen molar-refractivity contribution >= 4 is 17.5 Å². The van der Waals surface area contributed by atoms with Gasteiger partial charge in [-0.25, -0.2) is 0 Å². The van der Waals surface area contributed by atoms with Crippen LogP contribution in [0.4, 0.5) is 0 Å². The molecule has 1 atom stereocenters. The minimum atomic E-state index is -0.384. The molecule has 2 heterocycles. The molecule has 0 saturated carbocycles. The second-order valence-corrected chi connectivity index (χ2v) is 8.02. The SMILES string of the molecule is COc1ccc(-c2n[nH]c3c2C(c2ccc(O)cc2)N(Cc2ccccc2Cl)C3=O)cc1. The monoisotopic (exact) mass is 445 g/mol. The van der Waals surface area contributed by atoms with Crippen molar-refractivity contribution in [2.45, 2.75) is 12.6 Å². The Kier molecular flexibility index (Phi) is 5.07. The number of amides is 1. The van der Waals surface area contributed by atoms with Gasteiger partial charge in [-0.05, 0) is 53.6 Å². The molecule has 5 rings (SSSR count). The van der Waals surface area contributed by atoms with Gasteiger partial charge in [0.1, 0.15) is 17.2 Å². The number of benzene rings is 3. The van der Waals surface area contributed by atoms with E-state index >= 15 is 0 Å². The number of hydrogen-bond acceptors (Lipinski definition) is 4. The number of ether oxygens (including phenoxy) is 1. The summed E-state index contributed by atoms with van der Waals surface area (Å²) in [4.78, 5) is 15.2. The van der Waals surface area contributed by atoms with Crippen LogP contribution in [0.5, 0.6) is 11.5 Å². The molecule has 1 unspecified atom stereocenters. The highest BCUT2D eigenvalue weighted by atomic mass is 35.5. The number of fused-ring (bicyclic) bond motifs is 1. The van der Waals surface area contributed by atoms with Crippen LogP contribution in [0.1, 0.15) is 33.2 Å². The fourth-order valence-electron chi connectivity index (χ4n) is 4.14. The second kappa shape index (κ2) is 8.05. The van der Waals surface area contributed by atoms with E-state index in [1.165, 1.54) is 0 Å². The van der Waals surface area contributed by atoms with E-state index < -0.39 is 0 Å². The normalized spacial score (nSPS) is 15.1. The Morgan fingerprint density at radius 3 is 2.47 bits per heavy atom. The fourth-order valence-corrected chi connectivity index (χ4v) is 4.34. The van der Waals surface area contributed by atoms with Crippen LogP contribution in [0.15, 0.2) is 72.8 Å². The molecular formula is C25H20ClN3O3. The molecule has 3 aromatic carbocycles. The topological polar surface area (TPSA) is 78.5 Å².